The molecule has 1 heterocycles. The molecule has 4 fully saturated rings. The third-order valence-corrected chi connectivity index (χ3v) is 9.53. The molecule has 0 radical (unpaired) electrons. The molecule has 4 bridgehead atoms. The van der Waals surface area contributed by atoms with Crippen LogP contribution in [0.15, 0.2) is 42.5 Å². The number of hydrogen-bond acceptors (Lipinski definition) is 4. The van der Waals surface area contributed by atoms with Crippen LogP contribution in [0.1, 0.15) is 54.6 Å². The number of carbonyl (C=O) groups is 1. The first-order valence-corrected chi connectivity index (χ1v) is 15.2. The lowest BCUT2D eigenvalue weighted by Crippen LogP contribution is -2.52. The monoisotopic (exact) mass is 601 g/mol. The largest absolute Gasteiger partial charge is 0.377 e. The van der Waals surface area contributed by atoms with Crippen LogP contribution in [0.25, 0.3) is 16.9 Å². The molecule has 7 rings (SSSR count). The maximum Gasteiger partial charge on any atom is 0.272 e. The van der Waals surface area contributed by atoms with E-state index in [9.17, 15) is 4.79 Å². The average Bonchev–Trinajstić information content (AvgIpc) is 3.24. The Morgan fingerprint density at radius 2 is 1.60 bits per heavy atom. The molecule has 0 unspecified atom stereocenters. The van der Waals surface area contributed by atoms with Crippen LogP contribution in [0.4, 0.5) is 0 Å². The second-order valence-electron chi connectivity index (χ2n) is 11.7. The molecule has 1 N–H and O–H groups in total. The van der Waals surface area contributed by atoms with Crippen LogP contribution in [0.3, 0.4) is 0 Å². The van der Waals surface area contributed by atoms with E-state index in [2.05, 4.69) is 10.4 Å². The number of nitrogens with one attached hydrogen (secondary N) is 1. The Balaban J connectivity index is 1.06. The van der Waals surface area contributed by atoms with Gasteiger partial charge in [0.2, 0.25) is 0 Å². The minimum absolute atomic E-state index is 0.0947. The van der Waals surface area contributed by atoms with E-state index in [1.807, 2.05) is 19.1 Å². The Labute approximate surface area is 250 Å². The molecule has 0 saturated heterocycles. The first-order chi connectivity index (χ1) is 19.3. The molecule has 4 aliphatic rings. The first kappa shape index (κ1) is 28.0. The fraction of sp³-hybridized carbons (Fsp3) is 0.484. The molecule has 9 heteroatoms. The zero-order valence-electron chi connectivity index (χ0n) is 22.6. The number of nitrogens with zero attached hydrogens (tertiary/aromatic N) is 2. The third kappa shape index (κ3) is 5.79. The van der Waals surface area contributed by atoms with Gasteiger partial charge in [-0.1, -0.05) is 46.9 Å². The van der Waals surface area contributed by atoms with Crippen LogP contribution in [-0.2, 0) is 9.47 Å². The summed E-state index contributed by atoms with van der Waals surface area (Å²) in [5.41, 5.74) is 3.39. The highest BCUT2D eigenvalue weighted by Gasteiger charge is 2.51. The van der Waals surface area contributed by atoms with E-state index in [0.717, 1.165) is 34.6 Å². The van der Waals surface area contributed by atoms with Crippen LogP contribution in [-0.4, -0.2) is 47.7 Å². The predicted octanol–water partition coefficient (Wildman–Crippen LogP) is 7.54. The van der Waals surface area contributed by atoms with Crippen molar-refractivity contribution in [2.45, 2.75) is 51.0 Å². The molecule has 0 aliphatic heterocycles. The maximum absolute atomic E-state index is 13.2. The van der Waals surface area contributed by atoms with Crippen molar-refractivity contribution in [1.82, 2.24) is 15.1 Å². The zero-order valence-corrected chi connectivity index (χ0v) is 24.9. The van der Waals surface area contributed by atoms with Gasteiger partial charge in [0.1, 0.15) is 0 Å². The molecule has 4 aliphatic carbocycles. The summed E-state index contributed by atoms with van der Waals surface area (Å²) in [7, 11) is 0. The molecular formula is C31H34Cl3N3O3. The van der Waals surface area contributed by atoms with Gasteiger partial charge in [0.25, 0.3) is 5.91 Å². The van der Waals surface area contributed by atoms with Gasteiger partial charge in [-0.15, -0.1) is 0 Å². The van der Waals surface area contributed by atoms with Crippen molar-refractivity contribution in [2.24, 2.45) is 17.8 Å². The molecule has 2 aromatic carbocycles. The molecule has 1 amide bonds. The van der Waals surface area contributed by atoms with E-state index in [4.69, 9.17) is 44.3 Å². The lowest BCUT2D eigenvalue weighted by atomic mass is 9.54. The summed E-state index contributed by atoms with van der Waals surface area (Å²) in [4.78, 5) is 13.2. The third-order valence-electron chi connectivity index (χ3n) is 8.74. The summed E-state index contributed by atoms with van der Waals surface area (Å²) in [6.45, 7) is 3.80. The molecule has 0 atom stereocenters. The van der Waals surface area contributed by atoms with Gasteiger partial charge in [-0.25, -0.2) is 4.68 Å². The van der Waals surface area contributed by atoms with Crippen molar-refractivity contribution in [3.05, 3.63) is 68.8 Å². The highest BCUT2D eigenvalue weighted by atomic mass is 35.5. The maximum atomic E-state index is 13.2. The standard InChI is InChI=1S/C31H34Cl3N3O3/c1-19-28(36-37(27-7-6-25(33)15-26(27)34)29(19)23-2-4-24(32)5-3-23)30(38)35-8-9-39-10-11-40-31-16-20-12-21(17-31)14-22(13-20)18-31/h2-7,15,20-22H,8-14,16-18H2,1H3,(H,35,38). The number of halogens is 3. The number of amides is 1. The second-order valence-corrected chi connectivity index (χ2v) is 12.9. The van der Waals surface area contributed by atoms with E-state index in [1.54, 1.807) is 35.0 Å². The van der Waals surface area contributed by atoms with Crippen molar-refractivity contribution < 1.29 is 14.3 Å². The lowest BCUT2D eigenvalue weighted by Gasteiger charge is -2.56. The van der Waals surface area contributed by atoms with E-state index in [0.29, 0.717) is 52.8 Å². The number of rotatable bonds is 10. The highest BCUT2D eigenvalue weighted by Crippen LogP contribution is 2.57. The number of ether oxygens (including phenoxy) is 2. The van der Waals surface area contributed by atoms with Crippen LogP contribution in [0.2, 0.25) is 15.1 Å². The summed E-state index contributed by atoms with van der Waals surface area (Å²) in [6.07, 6.45) is 7.89. The number of benzene rings is 2. The first-order valence-electron chi connectivity index (χ1n) is 14.1. The lowest BCUT2D eigenvalue weighted by molar-refractivity contribution is -0.168. The summed E-state index contributed by atoms with van der Waals surface area (Å²) in [5.74, 6) is 2.32. The van der Waals surface area contributed by atoms with Gasteiger partial charge in [-0.05, 0) is 93.5 Å². The predicted molar refractivity (Wildman–Crippen MR) is 159 cm³/mol. The van der Waals surface area contributed by atoms with Gasteiger partial charge in [-0.2, -0.15) is 5.10 Å². The summed E-state index contributed by atoms with van der Waals surface area (Å²) < 4.78 is 13.9. The summed E-state index contributed by atoms with van der Waals surface area (Å²) >= 11 is 18.8. The molecule has 4 saturated carbocycles. The summed E-state index contributed by atoms with van der Waals surface area (Å²) in [6, 6.07) is 12.6. The van der Waals surface area contributed by atoms with Crippen molar-refractivity contribution in [3.63, 3.8) is 0 Å². The molecule has 6 nitrogen and oxygen atoms in total. The Bertz CT molecular complexity index is 1350. The number of carbonyl (C=O) groups excluding carboxylic acids is 1. The van der Waals surface area contributed by atoms with Crippen LogP contribution >= 0.6 is 34.8 Å². The van der Waals surface area contributed by atoms with Gasteiger partial charge in [0.05, 0.1) is 41.8 Å². The average molecular weight is 603 g/mol. The van der Waals surface area contributed by atoms with Gasteiger partial charge in [0, 0.05) is 27.7 Å². The molecule has 212 valence electrons. The van der Waals surface area contributed by atoms with Crippen molar-refractivity contribution in [1.29, 1.82) is 0 Å². The van der Waals surface area contributed by atoms with Crippen LogP contribution < -0.4 is 5.32 Å². The van der Waals surface area contributed by atoms with E-state index in [1.165, 1.54) is 38.5 Å². The Hall–Kier alpha value is -2.09. The van der Waals surface area contributed by atoms with Crippen molar-refractivity contribution in [3.8, 4) is 16.9 Å². The van der Waals surface area contributed by atoms with E-state index in [-0.39, 0.29) is 11.5 Å². The molecule has 0 spiro atoms. The smallest absolute Gasteiger partial charge is 0.272 e. The zero-order chi connectivity index (χ0) is 27.9. The van der Waals surface area contributed by atoms with Gasteiger partial charge in [0.15, 0.2) is 5.69 Å². The topological polar surface area (TPSA) is 65.4 Å². The Kier molecular flexibility index (Phi) is 8.17. The second kappa shape index (κ2) is 11.7. The molecule has 3 aromatic rings. The fourth-order valence-electron chi connectivity index (χ4n) is 7.43. The van der Waals surface area contributed by atoms with E-state index >= 15 is 0 Å². The van der Waals surface area contributed by atoms with E-state index < -0.39 is 0 Å². The van der Waals surface area contributed by atoms with Crippen LogP contribution in [0.5, 0.6) is 0 Å². The van der Waals surface area contributed by atoms with Gasteiger partial charge < -0.3 is 14.8 Å². The normalized spacial score (nSPS) is 24.9. The number of aromatic nitrogens is 2. The number of hydrogen-bond donors (Lipinski definition) is 1. The molecular weight excluding hydrogens is 569 g/mol. The highest BCUT2D eigenvalue weighted by molar-refractivity contribution is 6.35. The quantitative estimate of drug-likeness (QED) is 0.244. The summed E-state index contributed by atoms with van der Waals surface area (Å²) in [5, 5.41) is 9.19. The van der Waals surface area contributed by atoms with Gasteiger partial charge >= 0.3 is 0 Å². The van der Waals surface area contributed by atoms with Crippen LogP contribution in [0, 0.1) is 24.7 Å². The Morgan fingerprint density at radius 3 is 2.25 bits per heavy atom. The van der Waals surface area contributed by atoms with Crippen molar-refractivity contribution in [2.75, 3.05) is 26.4 Å². The van der Waals surface area contributed by atoms with Gasteiger partial charge in [-0.3, -0.25) is 4.79 Å². The minimum atomic E-state index is -0.273. The fourth-order valence-corrected chi connectivity index (χ4v) is 8.05. The SMILES string of the molecule is Cc1c(C(=O)NCCOCCOC23CC4CC(CC(C4)C2)C3)nn(-c2ccc(Cl)cc2Cl)c1-c1ccc(Cl)cc1. The minimum Gasteiger partial charge on any atom is -0.377 e. The molecule has 40 heavy (non-hydrogen) atoms. The Morgan fingerprint density at radius 1 is 0.950 bits per heavy atom. The van der Waals surface area contributed by atoms with Crippen molar-refractivity contribution >= 4 is 40.7 Å². The molecule has 1 aromatic heterocycles.